The van der Waals surface area contributed by atoms with E-state index in [4.69, 9.17) is 14.4 Å². The molecule has 0 aliphatic heterocycles. The number of nitrogens with zero attached hydrogens (tertiary/aromatic N) is 3. The molecule has 0 spiro atoms. The lowest BCUT2D eigenvalue weighted by Gasteiger charge is -2.14. The van der Waals surface area contributed by atoms with Gasteiger partial charge in [-0.25, -0.2) is 9.97 Å². The average molecular weight is 790 g/mol. The molecule has 4 heteroatoms. The van der Waals surface area contributed by atoms with Gasteiger partial charge in [0, 0.05) is 43.8 Å². The summed E-state index contributed by atoms with van der Waals surface area (Å²) >= 11 is 0. The van der Waals surface area contributed by atoms with Gasteiger partial charge < -0.3 is 4.42 Å². The van der Waals surface area contributed by atoms with Gasteiger partial charge in [0.25, 0.3) is 0 Å². The van der Waals surface area contributed by atoms with Crippen LogP contribution >= 0.6 is 0 Å². The minimum atomic E-state index is 0.847. The number of benzene rings is 9. The van der Waals surface area contributed by atoms with Gasteiger partial charge in [-0.2, -0.15) is 0 Å². The molecule has 62 heavy (non-hydrogen) atoms. The van der Waals surface area contributed by atoms with Crippen molar-refractivity contribution in [3.8, 4) is 50.7 Å². The van der Waals surface area contributed by atoms with Gasteiger partial charge in [-0.05, 0) is 92.5 Å². The lowest BCUT2D eigenvalue weighted by atomic mass is 9.91. The molecule has 4 aromatic heterocycles. The van der Waals surface area contributed by atoms with E-state index in [0.29, 0.717) is 0 Å². The monoisotopic (exact) mass is 789 g/mol. The maximum absolute atomic E-state index is 6.76. The summed E-state index contributed by atoms with van der Waals surface area (Å²) in [5.41, 5.74) is 12.1. The summed E-state index contributed by atoms with van der Waals surface area (Å²) in [6.07, 6.45) is 0. The van der Waals surface area contributed by atoms with Gasteiger partial charge in [0.05, 0.1) is 28.1 Å². The summed E-state index contributed by atoms with van der Waals surface area (Å²) in [5, 5.41) is 11.9. The Morgan fingerprint density at radius 1 is 0.290 bits per heavy atom. The predicted molar refractivity (Wildman–Crippen MR) is 258 cm³/mol. The van der Waals surface area contributed by atoms with Crippen LogP contribution in [0, 0.1) is 0 Å². The highest BCUT2D eigenvalue weighted by Crippen LogP contribution is 2.42. The molecule has 4 heterocycles. The van der Waals surface area contributed by atoms with E-state index in [-0.39, 0.29) is 0 Å². The molecular weight excluding hydrogens is 755 g/mol. The van der Waals surface area contributed by atoms with Gasteiger partial charge in [-0.15, -0.1) is 0 Å². The van der Waals surface area contributed by atoms with E-state index < -0.39 is 0 Å². The van der Waals surface area contributed by atoms with Crippen molar-refractivity contribution in [2.45, 2.75) is 0 Å². The minimum absolute atomic E-state index is 0.847. The minimum Gasteiger partial charge on any atom is -0.455 e. The molecular formula is C58H35N3O. The number of aromatic nitrogens is 3. The van der Waals surface area contributed by atoms with Gasteiger partial charge in [0.1, 0.15) is 17.0 Å². The summed E-state index contributed by atoms with van der Waals surface area (Å²) in [5.74, 6) is 0.903. The number of rotatable bonds is 5. The van der Waals surface area contributed by atoms with Crippen LogP contribution in [0.5, 0.6) is 0 Å². The smallest absolute Gasteiger partial charge is 0.144 e. The molecule has 0 aliphatic rings. The van der Waals surface area contributed by atoms with Crippen LogP contribution in [-0.4, -0.2) is 14.5 Å². The second-order valence-corrected chi connectivity index (χ2v) is 16.1. The van der Waals surface area contributed by atoms with Crippen molar-refractivity contribution in [3.05, 3.63) is 212 Å². The lowest BCUT2D eigenvalue weighted by Crippen LogP contribution is -1.98. The highest BCUT2D eigenvalue weighted by molar-refractivity contribution is 6.26. The number of fused-ring (bicyclic) bond motifs is 12. The lowest BCUT2D eigenvalue weighted by molar-refractivity contribution is 0.671. The fourth-order valence-corrected chi connectivity index (χ4v) is 9.77. The van der Waals surface area contributed by atoms with E-state index in [2.05, 4.69) is 211 Å². The van der Waals surface area contributed by atoms with E-state index in [0.717, 1.165) is 83.7 Å². The van der Waals surface area contributed by atoms with Crippen molar-refractivity contribution in [1.82, 2.24) is 14.5 Å². The molecule has 13 aromatic rings. The van der Waals surface area contributed by atoms with Gasteiger partial charge in [0.15, 0.2) is 0 Å². The molecule has 0 unspecified atom stereocenters. The zero-order valence-electron chi connectivity index (χ0n) is 33.5. The molecule has 288 valence electrons. The number of furan rings is 1. The first-order chi connectivity index (χ1) is 30.7. The Balaban J connectivity index is 0.914. The fourth-order valence-electron chi connectivity index (χ4n) is 9.77. The molecule has 4 nitrogen and oxygen atoms in total. The first kappa shape index (κ1) is 34.5. The molecule has 0 N–H and O–H groups in total. The Hall–Kier alpha value is -8.34. The van der Waals surface area contributed by atoms with Crippen LogP contribution in [0.4, 0.5) is 0 Å². The van der Waals surface area contributed by atoms with Crippen molar-refractivity contribution >= 4 is 76.1 Å². The summed E-state index contributed by atoms with van der Waals surface area (Å²) in [7, 11) is 0. The second-order valence-electron chi connectivity index (χ2n) is 16.1. The Kier molecular flexibility index (Phi) is 7.57. The largest absolute Gasteiger partial charge is 0.455 e. The summed E-state index contributed by atoms with van der Waals surface area (Å²) in [6.45, 7) is 0. The van der Waals surface area contributed by atoms with Crippen molar-refractivity contribution in [3.63, 3.8) is 0 Å². The SMILES string of the molecule is c1ccc(-c2cccc3c2oc2c(-c4cccc(-c5ccc6c7ccc(-c8cccc(-n9c%10ccccc%10c%10ccccc%109)n8)cc7c7ccccc7c6c5)n4)cccc23)cc1. The maximum atomic E-state index is 6.76. The molecule has 0 atom stereocenters. The van der Waals surface area contributed by atoms with Crippen LogP contribution in [0.2, 0.25) is 0 Å². The van der Waals surface area contributed by atoms with E-state index >= 15 is 0 Å². The molecule has 13 rings (SSSR count). The van der Waals surface area contributed by atoms with Crippen molar-refractivity contribution in [2.75, 3.05) is 0 Å². The molecule has 0 saturated carbocycles. The first-order valence-corrected chi connectivity index (χ1v) is 21.1. The Labute approximate surface area is 356 Å². The van der Waals surface area contributed by atoms with E-state index in [9.17, 15) is 0 Å². The molecule has 0 bridgehead atoms. The Morgan fingerprint density at radius 2 is 0.758 bits per heavy atom. The molecule has 9 aromatic carbocycles. The third-order valence-corrected chi connectivity index (χ3v) is 12.6. The molecule has 0 radical (unpaired) electrons. The number of para-hydroxylation sites is 4. The number of pyridine rings is 2. The summed E-state index contributed by atoms with van der Waals surface area (Å²) < 4.78 is 9.04. The second kappa shape index (κ2) is 13.6. The predicted octanol–water partition coefficient (Wildman–Crippen LogP) is 15.6. The highest BCUT2D eigenvalue weighted by Gasteiger charge is 2.18. The summed E-state index contributed by atoms with van der Waals surface area (Å²) in [4.78, 5) is 10.6. The van der Waals surface area contributed by atoms with E-state index in [1.165, 1.54) is 43.1 Å². The van der Waals surface area contributed by atoms with Gasteiger partial charge in [-0.3, -0.25) is 4.57 Å². The van der Waals surface area contributed by atoms with Gasteiger partial charge in [0.2, 0.25) is 0 Å². The zero-order valence-corrected chi connectivity index (χ0v) is 33.5. The normalized spacial score (nSPS) is 11.9. The van der Waals surface area contributed by atoms with Crippen molar-refractivity contribution in [2.24, 2.45) is 0 Å². The van der Waals surface area contributed by atoms with Gasteiger partial charge >= 0.3 is 0 Å². The molecule has 0 aliphatic carbocycles. The first-order valence-electron chi connectivity index (χ1n) is 21.1. The third kappa shape index (κ3) is 5.27. The van der Waals surface area contributed by atoms with E-state index in [1.54, 1.807) is 0 Å². The summed E-state index contributed by atoms with van der Waals surface area (Å²) in [6, 6.07) is 75.3. The van der Waals surface area contributed by atoms with Crippen molar-refractivity contribution in [1.29, 1.82) is 0 Å². The van der Waals surface area contributed by atoms with Crippen LogP contribution in [0.25, 0.3) is 127 Å². The quantitative estimate of drug-likeness (QED) is 0.163. The number of hydrogen-bond donors (Lipinski definition) is 0. The van der Waals surface area contributed by atoms with Crippen LogP contribution in [-0.2, 0) is 0 Å². The van der Waals surface area contributed by atoms with Crippen LogP contribution in [0.15, 0.2) is 217 Å². The van der Waals surface area contributed by atoms with Crippen LogP contribution < -0.4 is 0 Å². The Bertz CT molecular complexity index is 3860. The van der Waals surface area contributed by atoms with Crippen LogP contribution in [0.3, 0.4) is 0 Å². The average Bonchev–Trinajstić information content (AvgIpc) is 3.90. The Morgan fingerprint density at radius 3 is 1.40 bits per heavy atom. The third-order valence-electron chi connectivity index (χ3n) is 12.6. The standard InChI is InChI=1S/C58H35N3O/c1-2-14-36(15-3-1)39-20-10-21-46-47-22-11-23-48(58(47)62-57(39)46)53-26-12-24-51(59-53)37-30-32-42-43-33-31-38(35-50(43)41-17-5-4-16-40(41)49(42)34-37)52-25-13-29-56(60-52)61-54-27-8-6-18-44(54)45-19-7-9-28-55(45)61/h1-35H. The maximum Gasteiger partial charge on any atom is 0.144 e. The topological polar surface area (TPSA) is 43.9 Å². The van der Waals surface area contributed by atoms with E-state index in [1.807, 2.05) is 6.07 Å². The van der Waals surface area contributed by atoms with Gasteiger partial charge in [-0.1, -0.05) is 158 Å². The molecule has 0 saturated heterocycles. The molecule has 0 amide bonds. The van der Waals surface area contributed by atoms with Crippen molar-refractivity contribution < 1.29 is 4.42 Å². The molecule has 0 fully saturated rings. The zero-order chi connectivity index (χ0) is 40.7. The highest BCUT2D eigenvalue weighted by atomic mass is 16.3. The van der Waals surface area contributed by atoms with Crippen LogP contribution in [0.1, 0.15) is 0 Å². The fraction of sp³-hybridized carbons (Fsp3) is 0. The number of hydrogen-bond acceptors (Lipinski definition) is 3.